The van der Waals surface area contributed by atoms with Crippen LogP contribution in [0, 0.1) is 0 Å². The van der Waals surface area contributed by atoms with E-state index in [0.29, 0.717) is 17.1 Å². The third-order valence-electron chi connectivity index (χ3n) is 4.21. The summed E-state index contributed by atoms with van der Waals surface area (Å²) in [5, 5.41) is 28.6. The maximum Gasteiger partial charge on any atom is 0.303 e. The number of aliphatic carboxylic acids is 1. The molecule has 1 aromatic heterocycles. The van der Waals surface area contributed by atoms with E-state index in [1.165, 1.54) is 13.2 Å². The van der Waals surface area contributed by atoms with E-state index < -0.39 is 11.4 Å². The molecule has 0 saturated heterocycles. The molecule has 0 aliphatic heterocycles. The van der Waals surface area contributed by atoms with E-state index in [4.69, 9.17) is 14.3 Å². The lowest BCUT2D eigenvalue weighted by molar-refractivity contribution is -0.137. The Bertz CT molecular complexity index is 1050. The Kier molecular flexibility index (Phi) is 5.03. The molecule has 1 heterocycles. The highest BCUT2D eigenvalue weighted by Crippen LogP contribution is 2.33. The van der Waals surface area contributed by atoms with Crippen LogP contribution in [0.5, 0.6) is 17.2 Å². The number of methoxy groups -OCH3 is 1. The van der Waals surface area contributed by atoms with Crippen molar-refractivity contribution < 1.29 is 29.3 Å². The second-order valence-electron chi connectivity index (χ2n) is 6.04. The first-order valence-corrected chi connectivity index (χ1v) is 8.28. The third kappa shape index (κ3) is 3.72. The van der Waals surface area contributed by atoms with Crippen LogP contribution < -0.4 is 10.2 Å². The highest BCUT2D eigenvalue weighted by molar-refractivity contribution is 5.89. The van der Waals surface area contributed by atoms with E-state index in [0.717, 1.165) is 6.07 Å². The number of rotatable bonds is 6. The molecule has 0 atom stereocenters. The fraction of sp³-hybridized carbons (Fsp3) is 0.200. The smallest absolute Gasteiger partial charge is 0.303 e. The fourth-order valence-electron chi connectivity index (χ4n) is 2.96. The van der Waals surface area contributed by atoms with Crippen molar-refractivity contribution >= 4 is 16.9 Å². The first-order chi connectivity index (χ1) is 12.9. The Hall–Kier alpha value is -3.48. The van der Waals surface area contributed by atoms with E-state index in [1.807, 2.05) is 0 Å². The number of fused-ring (bicyclic) bond motifs is 1. The summed E-state index contributed by atoms with van der Waals surface area (Å²) in [6.45, 7) is 0. The molecule has 0 aliphatic carbocycles. The molecule has 0 amide bonds. The first-order valence-electron chi connectivity index (χ1n) is 8.28. The molecule has 140 valence electrons. The maximum absolute atomic E-state index is 13.1. The fourth-order valence-corrected chi connectivity index (χ4v) is 2.96. The van der Waals surface area contributed by atoms with E-state index in [9.17, 15) is 19.8 Å². The predicted octanol–water partition coefficient (Wildman–Crippen LogP) is 3.29. The lowest BCUT2D eigenvalue weighted by Gasteiger charge is -2.11. The summed E-state index contributed by atoms with van der Waals surface area (Å²) in [5.74, 6) is -0.658. The van der Waals surface area contributed by atoms with Crippen LogP contribution in [0.1, 0.15) is 18.6 Å². The van der Waals surface area contributed by atoms with Gasteiger partial charge in [0.05, 0.1) is 12.7 Å². The van der Waals surface area contributed by atoms with Crippen molar-refractivity contribution in [3.05, 3.63) is 52.4 Å². The van der Waals surface area contributed by atoms with Crippen LogP contribution in [-0.2, 0) is 11.2 Å². The number of phenolic OH excluding ortho intramolecular Hbond substituents is 2. The van der Waals surface area contributed by atoms with Crippen molar-refractivity contribution in [3.63, 3.8) is 0 Å². The highest BCUT2D eigenvalue weighted by Gasteiger charge is 2.19. The van der Waals surface area contributed by atoms with Gasteiger partial charge in [-0.05, 0) is 24.1 Å². The normalized spacial score (nSPS) is 10.9. The Morgan fingerprint density at radius 2 is 1.85 bits per heavy atom. The second kappa shape index (κ2) is 7.41. The van der Waals surface area contributed by atoms with Gasteiger partial charge in [0.25, 0.3) is 0 Å². The zero-order valence-electron chi connectivity index (χ0n) is 14.6. The van der Waals surface area contributed by atoms with Gasteiger partial charge in [-0.3, -0.25) is 9.59 Å². The summed E-state index contributed by atoms with van der Waals surface area (Å²) in [5.41, 5.74) is 0.394. The van der Waals surface area contributed by atoms with Crippen LogP contribution in [0.3, 0.4) is 0 Å². The van der Waals surface area contributed by atoms with Crippen LogP contribution in [0.2, 0.25) is 0 Å². The van der Waals surface area contributed by atoms with Crippen LogP contribution in [0.25, 0.3) is 22.1 Å². The van der Waals surface area contributed by atoms with Gasteiger partial charge in [-0.25, -0.2) is 0 Å². The molecule has 7 nitrogen and oxygen atoms in total. The molecule has 0 radical (unpaired) electrons. The summed E-state index contributed by atoms with van der Waals surface area (Å²) < 4.78 is 10.9. The Labute approximate surface area is 154 Å². The number of aromatic hydroxyl groups is 2. The minimum atomic E-state index is -0.945. The number of aryl methyl sites for hydroxylation is 1. The van der Waals surface area contributed by atoms with E-state index >= 15 is 0 Å². The van der Waals surface area contributed by atoms with Gasteiger partial charge < -0.3 is 24.5 Å². The standard InChI is InChI=1S/C20H18O7/c1-26-13-7-5-11(6-8-13)18-15(3-2-4-17(23)24)27-16-10-12(21)9-14(22)19(16)20(18)25/h5-10,21-22H,2-4H2,1H3,(H,23,24). The molecule has 7 heteroatoms. The molecule has 2 aromatic carbocycles. The number of carboxylic acid groups (broad SMARTS) is 1. The average Bonchev–Trinajstić information content (AvgIpc) is 2.61. The Morgan fingerprint density at radius 1 is 1.15 bits per heavy atom. The van der Waals surface area contributed by atoms with Crippen molar-refractivity contribution in [3.8, 4) is 28.4 Å². The number of hydrogen-bond donors (Lipinski definition) is 3. The molecule has 3 rings (SSSR count). The summed E-state index contributed by atoms with van der Waals surface area (Å²) >= 11 is 0. The van der Waals surface area contributed by atoms with Gasteiger partial charge >= 0.3 is 5.97 Å². The van der Waals surface area contributed by atoms with Crippen molar-refractivity contribution in [1.29, 1.82) is 0 Å². The number of hydrogen-bond acceptors (Lipinski definition) is 6. The van der Waals surface area contributed by atoms with E-state index in [2.05, 4.69) is 0 Å². The van der Waals surface area contributed by atoms with Crippen molar-refractivity contribution in [2.45, 2.75) is 19.3 Å². The number of phenols is 2. The molecule has 0 unspecified atom stereocenters. The lowest BCUT2D eigenvalue weighted by atomic mass is 9.99. The van der Waals surface area contributed by atoms with Crippen molar-refractivity contribution in [2.24, 2.45) is 0 Å². The van der Waals surface area contributed by atoms with Crippen LogP contribution in [-0.4, -0.2) is 28.4 Å². The zero-order chi connectivity index (χ0) is 19.6. The average molecular weight is 370 g/mol. The van der Waals surface area contributed by atoms with Gasteiger partial charge in [-0.2, -0.15) is 0 Å². The van der Waals surface area contributed by atoms with Crippen molar-refractivity contribution in [1.82, 2.24) is 0 Å². The number of carboxylic acids is 1. The van der Waals surface area contributed by atoms with Gasteiger partial charge in [0.1, 0.15) is 34.0 Å². The molecule has 0 fully saturated rings. The Balaban J connectivity index is 2.21. The monoisotopic (exact) mass is 370 g/mol. The number of benzene rings is 2. The minimum absolute atomic E-state index is 0.0411. The predicted molar refractivity (Wildman–Crippen MR) is 98.4 cm³/mol. The van der Waals surface area contributed by atoms with Gasteiger partial charge in [-0.1, -0.05) is 12.1 Å². The summed E-state index contributed by atoms with van der Waals surface area (Å²) in [6.07, 6.45) is 0.419. The van der Waals surface area contributed by atoms with Crippen LogP contribution >= 0.6 is 0 Å². The van der Waals surface area contributed by atoms with Gasteiger partial charge in [0.15, 0.2) is 0 Å². The van der Waals surface area contributed by atoms with E-state index in [1.54, 1.807) is 24.3 Å². The van der Waals surface area contributed by atoms with Crippen LogP contribution in [0.15, 0.2) is 45.6 Å². The highest BCUT2D eigenvalue weighted by atomic mass is 16.5. The SMILES string of the molecule is COc1ccc(-c2c(CCCC(=O)O)oc3cc(O)cc(O)c3c2=O)cc1. The molecule has 3 N–H and O–H groups in total. The van der Waals surface area contributed by atoms with Crippen molar-refractivity contribution in [2.75, 3.05) is 7.11 Å². The summed E-state index contributed by atoms with van der Waals surface area (Å²) in [6, 6.07) is 9.08. The lowest BCUT2D eigenvalue weighted by Crippen LogP contribution is -2.10. The van der Waals surface area contributed by atoms with Gasteiger partial charge in [0.2, 0.25) is 5.43 Å². The molecule has 0 saturated carbocycles. The molecular formula is C20H18O7. The summed E-state index contributed by atoms with van der Waals surface area (Å²) in [7, 11) is 1.53. The quantitative estimate of drug-likeness (QED) is 0.609. The maximum atomic E-state index is 13.1. The molecular weight excluding hydrogens is 352 g/mol. The topological polar surface area (TPSA) is 117 Å². The van der Waals surface area contributed by atoms with Gasteiger partial charge in [0, 0.05) is 25.0 Å². The molecule has 0 bridgehead atoms. The van der Waals surface area contributed by atoms with Gasteiger partial charge in [-0.15, -0.1) is 0 Å². The van der Waals surface area contributed by atoms with E-state index in [-0.39, 0.29) is 47.3 Å². The molecule has 27 heavy (non-hydrogen) atoms. The number of carbonyl (C=O) groups is 1. The second-order valence-corrected chi connectivity index (χ2v) is 6.04. The largest absolute Gasteiger partial charge is 0.508 e. The molecule has 3 aromatic rings. The number of ether oxygens (including phenoxy) is 1. The zero-order valence-corrected chi connectivity index (χ0v) is 14.6. The first kappa shape index (κ1) is 18.3. The Morgan fingerprint density at radius 3 is 2.48 bits per heavy atom. The minimum Gasteiger partial charge on any atom is -0.508 e. The molecule has 0 aliphatic rings. The summed E-state index contributed by atoms with van der Waals surface area (Å²) in [4.78, 5) is 23.9. The molecule has 0 spiro atoms. The van der Waals surface area contributed by atoms with Crippen LogP contribution in [0.4, 0.5) is 0 Å². The third-order valence-corrected chi connectivity index (χ3v) is 4.21.